The molecule has 1 heteroatoms. The van der Waals surface area contributed by atoms with Crippen LogP contribution in [0.1, 0.15) is 43.7 Å². The number of aryl methyl sites for hydroxylation is 1. The molecule has 0 aromatic heterocycles. The summed E-state index contributed by atoms with van der Waals surface area (Å²) in [5.74, 6) is 1.38. The van der Waals surface area contributed by atoms with Gasteiger partial charge in [0.15, 0.2) is 0 Å². The summed E-state index contributed by atoms with van der Waals surface area (Å²) in [6, 6.07) is 8.41. The molecule has 2 rings (SSSR count). The molecule has 0 bridgehead atoms. The lowest BCUT2D eigenvalue weighted by molar-refractivity contribution is 0.108. The number of benzene rings is 1. The third-order valence-electron chi connectivity index (χ3n) is 4.39. The molecular formula is C16H24O. The molecule has 3 unspecified atom stereocenters. The molecule has 94 valence electrons. The van der Waals surface area contributed by atoms with Crippen molar-refractivity contribution in [2.45, 2.75) is 52.1 Å². The first-order chi connectivity index (χ1) is 8.20. The van der Waals surface area contributed by atoms with Crippen molar-refractivity contribution in [1.82, 2.24) is 0 Å². The molecule has 17 heavy (non-hydrogen) atoms. The van der Waals surface area contributed by atoms with E-state index in [1.807, 2.05) is 0 Å². The van der Waals surface area contributed by atoms with Crippen molar-refractivity contribution in [1.29, 1.82) is 0 Å². The lowest BCUT2D eigenvalue weighted by atomic mass is 9.92. The molecule has 0 heterocycles. The van der Waals surface area contributed by atoms with Gasteiger partial charge >= 0.3 is 0 Å². The van der Waals surface area contributed by atoms with E-state index in [2.05, 4.69) is 38.1 Å². The minimum Gasteiger partial charge on any atom is -0.392 e. The Balaban J connectivity index is 1.94. The van der Waals surface area contributed by atoms with E-state index in [0.29, 0.717) is 5.92 Å². The highest BCUT2D eigenvalue weighted by molar-refractivity contribution is 5.26. The van der Waals surface area contributed by atoms with Crippen LogP contribution in [0, 0.1) is 18.8 Å². The maximum atomic E-state index is 10.3. The molecular weight excluding hydrogens is 208 g/mol. The summed E-state index contributed by atoms with van der Waals surface area (Å²) in [4.78, 5) is 0. The van der Waals surface area contributed by atoms with E-state index in [9.17, 15) is 5.11 Å². The van der Waals surface area contributed by atoms with E-state index in [1.54, 1.807) is 0 Å². The van der Waals surface area contributed by atoms with Gasteiger partial charge in [0.1, 0.15) is 0 Å². The Labute approximate surface area is 105 Å². The minimum atomic E-state index is -0.146. The van der Waals surface area contributed by atoms with Crippen LogP contribution >= 0.6 is 0 Å². The molecule has 1 aliphatic carbocycles. The molecule has 1 aromatic rings. The van der Waals surface area contributed by atoms with Crippen LogP contribution in [-0.4, -0.2) is 11.2 Å². The van der Waals surface area contributed by atoms with Gasteiger partial charge in [0, 0.05) is 0 Å². The van der Waals surface area contributed by atoms with Crippen molar-refractivity contribution in [3.8, 4) is 0 Å². The lowest BCUT2D eigenvalue weighted by Crippen LogP contribution is -2.21. The van der Waals surface area contributed by atoms with E-state index in [1.165, 1.54) is 36.8 Å². The largest absolute Gasteiger partial charge is 0.392 e. The standard InChI is InChI=1S/C16H24O/c1-3-13-8-9-15(10-13)16(17)11-14-7-5-4-6-12(14)2/h4-7,13,15-17H,3,8-11H2,1-2H3. The second-order valence-corrected chi connectivity index (χ2v) is 5.55. The summed E-state index contributed by atoms with van der Waals surface area (Å²) in [5.41, 5.74) is 2.61. The average molecular weight is 232 g/mol. The van der Waals surface area contributed by atoms with Crippen LogP contribution in [0.25, 0.3) is 0 Å². The van der Waals surface area contributed by atoms with Crippen molar-refractivity contribution in [3.05, 3.63) is 35.4 Å². The number of hydrogen-bond acceptors (Lipinski definition) is 1. The zero-order valence-electron chi connectivity index (χ0n) is 11.0. The summed E-state index contributed by atoms with van der Waals surface area (Å²) < 4.78 is 0. The Morgan fingerprint density at radius 1 is 1.29 bits per heavy atom. The van der Waals surface area contributed by atoms with Gasteiger partial charge in [0.05, 0.1) is 6.10 Å². The maximum Gasteiger partial charge on any atom is 0.0608 e. The second kappa shape index (κ2) is 5.68. The van der Waals surface area contributed by atoms with E-state index in [-0.39, 0.29) is 6.10 Å². The number of aliphatic hydroxyl groups is 1. The van der Waals surface area contributed by atoms with Crippen molar-refractivity contribution < 1.29 is 5.11 Å². The Morgan fingerprint density at radius 2 is 2.06 bits per heavy atom. The van der Waals surface area contributed by atoms with Crippen molar-refractivity contribution in [2.24, 2.45) is 11.8 Å². The Morgan fingerprint density at radius 3 is 2.71 bits per heavy atom. The van der Waals surface area contributed by atoms with Crippen LogP contribution in [0.4, 0.5) is 0 Å². The maximum absolute atomic E-state index is 10.3. The first-order valence-electron chi connectivity index (χ1n) is 6.93. The highest BCUT2D eigenvalue weighted by Gasteiger charge is 2.28. The van der Waals surface area contributed by atoms with Crippen molar-refractivity contribution in [2.75, 3.05) is 0 Å². The monoisotopic (exact) mass is 232 g/mol. The fourth-order valence-corrected chi connectivity index (χ4v) is 3.06. The first-order valence-corrected chi connectivity index (χ1v) is 6.93. The van der Waals surface area contributed by atoms with Crippen LogP contribution in [0.15, 0.2) is 24.3 Å². The van der Waals surface area contributed by atoms with Crippen LogP contribution in [0.5, 0.6) is 0 Å². The van der Waals surface area contributed by atoms with Gasteiger partial charge in [-0.05, 0) is 49.1 Å². The molecule has 0 spiro atoms. The summed E-state index contributed by atoms with van der Waals surface area (Å²) in [7, 11) is 0. The molecule has 1 aromatic carbocycles. The number of rotatable bonds is 4. The topological polar surface area (TPSA) is 20.2 Å². The van der Waals surface area contributed by atoms with Gasteiger partial charge in [-0.1, -0.05) is 44.0 Å². The van der Waals surface area contributed by atoms with Crippen molar-refractivity contribution in [3.63, 3.8) is 0 Å². The molecule has 0 amide bonds. The molecule has 0 radical (unpaired) electrons. The Kier molecular flexibility index (Phi) is 4.22. The summed E-state index contributed by atoms with van der Waals surface area (Å²) in [6.45, 7) is 4.40. The number of aliphatic hydroxyl groups excluding tert-OH is 1. The highest BCUT2D eigenvalue weighted by atomic mass is 16.3. The quantitative estimate of drug-likeness (QED) is 0.838. The van der Waals surface area contributed by atoms with Crippen LogP contribution in [0.2, 0.25) is 0 Å². The molecule has 1 aliphatic rings. The Hall–Kier alpha value is -0.820. The third-order valence-corrected chi connectivity index (χ3v) is 4.39. The summed E-state index contributed by atoms with van der Waals surface area (Å²) in [6.07, 6.45) is 5.70. The van der Waals surface area contributed by atoms with Gasteiger partial charge < -0.3 is 5.11 Å². The predicted molar refractivity (Wildman–Crippen MR) is 72.0 cm³/mol. The van der Waals surface area contributed by atoms with Gasteiger partial charge in [-0.2, -0.15) is 0 Å². The normalized spacial score (nSPS) is 26.1. The van der Waals surface area contributed by atoms with E-state index in [0.717, 1.165) is 12.3 Å². The van der Waals surface area contributed by atoms with Gasteiger partial charge in [-0.3, -0.25) is 0 Å². The molecule has 1 N–H and O–H groups in total. The molecule has 1 fully saturated rings. The van der Waals surface area contributed by atoms with Gasteiger partial charge in [0.2, 0.25) is 0 Å². The van der Waals surface area contributed by atoms with Crippen LogP contribution in [-0.2, 0) is 6.42 Å². The highest BCUT2D eigenvalue weighted by Crippen LogP contribution is 2.35. The van der Waals surface area contributed by atoms with E-state index in [4.69, 9.17) is 0 Å². The SMILES string of the molecule is CCC1CCC(C(O)Cc2ccccc2C)C1. The van der Waals surface area contributed by atoms with Gasteiger partial charge in [-0.15, -0.1) is 0 Å². The summed E-state index contributed by atoms with van der Waals surface area (Å²) >= 11 is 0. The average Bonchev–Trinajstić information content (AvgIpc) is 2.81. The van der Waals surface area contributed by atoms with Gasteiger partial charge in [-0.25, -0.2) is 0 Å². The minimum absolute atomic E-state index is 0.146. The van der Waals surface area contributed by atoms with E-state index >= 15 is 0 Å². The molecule has 0 aliphatic heterocycles. The summed E-state index contributed by atoms with van der Waals surface area (Å²) in [5, 5.41) is 10.3. The molecule has 1 saturated carbocycles. The second-order valence-electron chi connectivity index (χ2n) is 5.55. The smallest absolute Gasteiger partial charge is 0.0608 e. The fraction of sp³-hybridized carbons (Fsp3) is 0.625. The van der Waals surface area contributed by atoms with Crippen LogP contribution in [0.3, 0.4) is 0 Å². The first kappa shape index (κ1) is 12.6. The fourth-order valence-electron chi connectivity index (χ4n) is 3.06. The van der Waals surface area contributed by atoms with Crippen LogP contribution < -0.4 is 0 Å². The lowest BCUT2D eigenvalue weighted by Gasteiger charge is -2.19. The molecule has 0 saturated heterocycles. The zero-order valence-corrected chi connectivity index (χ0v) is 11.0. The third kappa shape index (κ3) is 3.10. The predicted octanol–water partition coefficient (Wildman–Crippen LogP) is 3.72. The van der Waals surface area contributed by atoms with Gasteiger partial charge in [0.25, 0.3) is 0 Å². The van der Waals surface area contributed by atoms with E-state index < -0.39 is 0 Å². The Bertz CT molecular complexity index is 358. The number of hydrogen-bond donors (Lipinski definition) is 1. The molecule has 1 nitrogen and oxygen atoms in total. The zero-order chi connectivity index (χ0) is 12.3. The molecule has 3 atom stereocenters. The van der Waals surface area contributed by atoms with Crippen molar-refractivity contribution >= 4 is 0 Å².